The van der Waals surface area contributed by atoms with E-state index in [-0.39, 0.29) is 18.1 Å². The van der Waals surface area contributed by atoms with E-state index in [1.54, 1.807) is 11.8 Å². The molecule has 2 aromatic carbocycles. The Morgan fingerprint density at radius 3 is 2.44 bits per heavy atom. The maximum atomic E-state index is 12.8. The van der Waals surface area contributed by atoms with Gasteiger partial charge >= 0.3 is 0 Å². The molecule has 0 aromatic heterocycles. The minimum Gasteiger partial charge on any atom is -0.481 e. The normalized spacial score (nSPS) is 11.4. The van der Waals surface area contributed by atoms with Gasteiger partial charge in [0.15, 0.2) is 6.10 Å². The summed E-state index contributed by atoms with van der Waals surface area (Å²) in [5, 5.41) is 0. The van der Waals surface area contributed by atoms with Crippen LogP contribution in [0, 0.1) is 5.82 Å². The number of benzene rings is 2. The first-order valence-electron chi connectivity index (χ1n) is 7.73. The number of halogens is 1. The van der Waals surface area contributed by atoms with Crippen molar-refractivity contribution in [3.05, 3.63) is 60.4 Å². The predicted octanol–water partition coefficient (Wildman–Crippen LogP) is 2.92. The molecule has 0 saturated carbocycles. The Morgan fingerprint density at radius 2 is 1.76 bits per heavy atom. The molecule has 1 unspecified atom stereocenters. The maximum Gasteiger partial charge on any atom is 0.279 e. The van der Waals surface area contributed by atoms with Crippen LogP contribution in [0.1, 0.15) is 13.3 Å². The quantitative estimate of drug-likeness (QED) is 0.587. The Morgan fingerprint density at radius 1 is 1.08 bits per heavy atom. The van der Waals surface area contributed by atoms with Gasteiger partial charge in [-0.05, 0) is 43.3 Å². The zero-order valence-corrected chi connectivity index (χ0v) is 14.5. The Hall–Kier alpha value is -2.54. The van der Waals surface area contributed by atoms with Crippen molar-refractivity contribution in [2.75, 3.05) is 5.75 Å². The van der Waals surface area contributed by atoms with Crippen molar-refractivity contribution < 1.29 is 18.7 Å². The van der Waals surface area contributed by atoms with Gasteiger partial charge in [-0.2, -0.15) is 0 Å². The molecule has 0 aliphatic heterocycles. The first kappa shape index (κ1) is 18.8. The molecule has 0 fully saturated rings. The van der Waals surface area contributed by atoms with E-state index >= 15 is 0 Å². The van der Waals surface area contributed by atoms with Crippen LogP contribution in [0.2, 0.25) is 0 Å². The minimum atomic E-state index is -0.829. The largest absolute Gasteiger partial charge is 0.481 e. The van der Waals surface area contributed by atoms with Crippen molar-refractivity contribution in [1.29, 1.82) is 0 Å². The summed E-state index contributed by atoms with van der Waals surface area (Å²) in [6.07, 6.45) is -0.558. The monoisotopic (exact) mass is 362 g/mol. The average molecular weight is 362 g/mol. The van der Waals surface area contributed by atoms with Crippen molar-refractivity contribution >= 4 is 23.6 Å². The van der Waals surface area contributed by atoms with E-state index in [1.165, 1.54) is 31.2 Å². The summed E-state index contributed by atoms with van der Waals surface area (Å²) in [4.78, 5) is 24.7. The molecule has 0 aliphatic rings. The highest BCUT2D eigenvalue weighted by atomic mass is 32.2. The van der Waals surface area contributed by atoms with Crippen LogP contribution in [0.15, 0.2) is 59.5 Å². The molecule has 25 heavy (non-hydrogen) atoms. The summed E-state index contributed by atoms with van der Waals surface area (Å²) in [5.41, 5.74) is 4.67. The van der Waals surface area contributed by atoms with Gasteiger partial charge in [0.05, 0.1) is 0 Å². The van der Waals surface area contributed by atoms with Crippen LogP contribution in [0.4, 0.5) is 4.39 Å². The maximum absolute atomic E-state index is 12.8. The van der Waals surface area contributed by atoms with Crippen LogP contribution in [0.5, 0.6) is 5.75 Å². The molecule has 2 rings (SSSR count). The number of nitrogens with one attached hydrogen (secondary N) is 2. The highest BCUT2D eigenvalue weighted by Crippen LogP contribution is 2.17. The zero-order valence-electron chi connectivity index (χ0n) is 13.7. The fourth-order valence-electron chi connectivity index (χ4n) is 1.84. The Labute approximate surface area is 149 Å². The Kier molecular flexibility index (Phi) is 7.28. The van der Waals surface area contributed by atoms with Crippen LogP contribution in [-0.4, -0.2) is 23.7 Å². The van der Waals surface area contributed by atoms with E-state index in [4.69, 9.17) is 4.74 Å². The topological polar surface area (TPSA) is 67.4 Å². The third-order valence-corrected chi connectivity index (χ3v) is 4.18. The second-order valence-electron chi connectivity index (χ2n) is 5.16. The second-order valence-corrected chi connectivity index (χ2v) is 6.33. The number of amides is 2. The van der Waals surface area contributed by atoms with Gasteiger partial charge in [0, 0.05) is 17.1 Å². The number of rotatable bonds is 7. The predicted molar refractivity (Wildman–Crippen MR) is 94.6 cm³/mol. The summed E-state index contributed by atoms with van der Waals surface area (Å²) in [6.45, 7) is 1.54. The molecule has 2 aromatic rings. The third-order valence-electron chi connectivity index (χ3n) is 3.16. The first-order chi connectivity index (χ1) is 12.0. The van der Waals surface area contributed by atoms with Crippen molar-refractivity contribution in [2.24, 2.45) is 0 Å². The fourth-order valence-corrected chi connectivity index (χ4v) is 2.72. The summed E-state index contributed by atoms with van der Waals surface area (Å²) in [7, 11) is 0. The van der Waals surface area contributed by atoms with E-state index in [1.807, 2.05) is 30.3 Å². The summed E-state index contributed by atoms with van der Waals surface area (Å²) in [5.74, 6) is -0.188. The van der Waals surface area contributed by atoms with Crippen molar-refractivity contribution in [3.8, 4) is 5.75 Å². The molecular formula is C18H19FN2O3S. The number of hydrogen-bond acceptors (Lipinski definition) is 4. The molecule has 0 spiro atoms. The van der Waals surface area contributed by atoms with Gasteiger partial charge in [-0.3, -0.25) is 20.4 Å². The van der Waals surface area contributed by atoms with Crippen LogP contribution in [0.25, 0.3) is 0 Å². The minimum absolute atomic E-state index is 0.271. The fraction of sp³-hybridized carbons (Fsp3) is 0.222. The molecular weight excluding hydrogens is 343 g/mol. The number of ether oxygens (including phenoxy) is 1. The average Bonchev–Trinajstić information content (AvgIpc) is 2.62. The molecule has 1 atom stereocenters. The first-order valence-corrected chi connectivity index (χ1v) is 8.72. The smallest absolute Gasteiger partial charge is 0.279 e. The van der Waals surface area contributed by atoms with Gasteiger partial charge in [0.25, 0.3) is 5.91 Å². The molecule has 2 amide bonds. The Balaban J connectivity index is 1.66. The highest BCUT2D eigenvalue weighted by molar-refractivity contribution is 7.99. The van der Waals surface area contributed by atoms with E-state index in [2.05, 4.69) is 10.9 Å². The number of hydrazine groups is 1. The molecule has 5 nitrogen and oxygen atoms in total. The van der Waals surface area contributed by atoms with E-state index in [9.17, 15) is 14.0 Å². The SMILES string of the molecule is CC(Oc1ccc(F)cc1)C(=O)NNC(=O)CCSc1ccccc1. The summed E-state index contributed by atoms with van der Waals surface area (Å²) >= 11 is 1.56. The van der Waals surface area contributed by atoms with Crippen molar-refractivity contribution in [2.45, 2.75) is 24.3 Å². The Bertz CT molecular complexity index is 695. The van der Waals surface area contributed by atoms with E-state index < -0.39 is 12.0 Å². The van der Waals surface area contributed by atoms with Gasteiger partial charge in [-0.15, -0.1) is 11.8 Å². The van der Waals surface area contributed by atoms with E-state index in [0.29, 0.717) is 11.5 Å². The van der Waals surface area contributed by atoms with Gasteiger partial charge in [-0.25, -0.2) is 4.39 Å². The van der Waals surface area contributed by atoms with Crippen LogP contribution < -0.4 is 15.6 Å². The molecule has 0 heterocycles. The molecule has 7 heteroatoms. The molecule has 0 aliphatic carbocycles. The number of carbonyl (C=O) groups is 2. The molecule has 2 N–H and O–H groups in total. The lowest BCUT2D eigenvalue weighted by atomic mass is 10.3. The summed E-state index contributed by atoms with van der Waals surface area (Å²) < 4.78 is 18.2. The van der Waals surface area contributed by atoms with Crippen LogP contribution >= 0.6 is 11.8 Å². The lowest BCUT2D eigenvalue weighted by Gasteiger charge is -2.15. The summed E-state index contributed by atoms with van der Waals surface area (Å²) in [6, 6.07) is 15.1. The molecule has 0 bridgehead atoms. The van der Waals surface area contributed by atoms with Crippen LogP contribution in [-0.2, 0) is 9.59 Å². The van der Waals surface area contributed by atoms with Gasteiger partial charge in [0.1, 0.15) is 11.6 Å². The number of carbonyl (C=O) groups excluding carboxylic acids is 2. The number of hydrogen-bond donors (Lipinski definition) is 2. The highest BCUT2D eigenvalue weighted by Gasteiger charge is 2.15. The molecule has 0 saturated heterocycles. The number of thioether (sulfide) groups is 1. The lowest BCUT2D eigenvalue weighted by molar-refractivity contribution is -0.132. The van der Waals surface area contributed by atoms with Crippen LogP contribution in [0.3, 0.4) is 0 Å². The molecule has 0 radical (unpaired) electrons. The van der Waals surface area contributed by atoms with Crippen molar-refractivity contribution in [3.63, 3.8) is 0 Å². The van der Waals surface area contributed by atoms with Crippen molar-refractivity contribution in [1.82, 2.24) is 10.9 Å². The van der Waals surface area contributed by atoms with E-state index in [0.717, 1.165) is 4.90 Å². The standard InChI is InChI=1S/C18H19FN2O3S/c1-13(24-15-9-7-14(19)8-10-15)18(23)21-20-17(22)11-12-25-16-5-3-2-4-6-16/h2-10,13H,11-12H2,1H3,(H,20,22)(H,21,23). The van der Waals surface area contributed by atoms with Gasteiger partial charge in [0.2, 0.25) is 5.91 Å². The van der Waals surface area contributed by atoms with Gasteiger partial charge in [-0.1, -0.05) is 18.2 Å². The third kappa shape index (κ3) is 6.84. The lowest BCUT2D eigenvalue weighted by Crippen LogP contribution is -2.47. The van der Waals surface area contributed by atoms with Gasteiger partial charge < -0.3 is 4.74 Å². The zero-order chi connectivity index (χ0) is 18.1. The molecule has 132 valence electrons. The second kappa shape index (κ2) is 9.68.